The summed E-state index contributed by atoms with van der Waals surface area (Å²) in [6.45, 7) is 0. The van der Waals surface area contributed by atoms with Crippen LogP contribution in [0.25, 0.3) is 0 Å². The largest absolute Gasteiger partial charge is 0.222 e. The van der Waals surface area contributed by atoms with Crippen LogP contribution >= 0.6 is 47.0 Å². The van der Waals surface area contributed by atoms with Crippen molar-refractivity contribution in [2.24, 2.45) is 0 Å². The fourth-order valence-electron chi connectivity index (χ4n) is 0. The van der Waals surface area contributed by atoms with Gasteiger partial charge in [-0.25, -0.2) is 0 Å². The van der Waals surface area contributed by atoms with Crippen molar-refractivity contribution >= 4 is 55.1 Å². The van der Waals surface area contributed by atoms with E-state index >= 15 is 0 Å². The summed E-state index contributed by atoms with van der Waals surface area (Å²) in [6.07, 6.45) is 0. The molecule has 0 saturated heterocycles. The lowest BCUT2D eigenvalue weighted by molar-refractivity contribution is 4.39. The van der Waals surface area contributed by atoms with Gasteiger partial charge >= 0.3 is 0 Å². The molecule has 36 valence electrons. The lowest BCUT2D eigenvalue weighted by Crippen LogP contribution is -1.36. The van der Waals surface area contributed by atoms with E-state index < -0.39 is 8.14 Å². The van der Waals surface area contributed by atoms with Gasteiger partial charge in [-0.3, -0.25) is 0 Å². The van der Waals surface area contributed by atoms with E-state index in [2.05, 4.69) is 0 Å². The molecule has 5 heteroatoms. The highest BCUT2D eigenvalue weighted by molar-refractivity contribution is 7.22. The number of rotatable bonds is 0. The van der Waals surface area contributed by atoms with Gasteiger partial charge < -0.3 is 0 Å². The van der Waals surface area contributed by atoms with Crippen LogP contribution in [0.3, 0.4) is 0 Å². The normalized spacial score (nSPS) is 3.60. The zero-order valence-corrected chi connectivity index (χ0v) is 6.84. The highest BCUT2D eigenvalue weighted by atomic mass is 35.7. The third kappa shape index (κ3) is 32.3. The lowest BCUT2D eigenvalue weighted by Gasteiger charge is -1.39. The first kappa shape index (κ1) is 16.2. The summed E-state index contributed by atoms with van der Waals surface area (Å²) in [4.78, 5) is 0. The SMILES string of the molecule is Cl.Cl.Cl[SiH2]Cl. The molecule has 0 atom stereocenters. The van der Waals surface area contributed by atoms with Crippen LogP contribution in [0.4, 0.5) is 0 Å². The Bertz CT molecular complexity index is 3.61. The van der Waals surface area contributed by atoms with E-state index in [0.29, 0.717) is 0 Å². The van der Waals surface area contributed by atoms with Crippen molar-refractivity contribution in [2.75, 3.05) is 0 Å². The van der Waals surface area contributed by atoms with Crippen LogP contribution in [-0.2, 0) is 0 Å². The molecule has 0 amide bonds. The minimum Gasteiger partial charge on any atom is -0.155 e. The molecule has 0 radical (unpaired) electrons. The molecule has 0 N–H and O–H groups in total. The van der Waals surface area contributed by atoms with E-state index in [0.717, 1.165) is 0 Å². The van der Waals surface area contributed by atoms with E-state index in [1.165, 1.54) is 0 Å². The van der Waals surface area contributed by atoms with E-state index in [1.807, 2.05) is 0 Å². The maximum absolute atomic E-state index is 4.90. The summed E-state index contributed by atoms with van der Waals surface area (Å²) in [6, 6.07) is 0. The first-order chi connectivity index (χ1) is 1.41. The Morgan fingerprint density at radius 1 is 1.00 bits per heavy atom. The molecule has 0 saturated carbocycles. The second kappa shape index (κ2) is 18.2. The third-order valence-electron chi connectivity index (χ3n) is 0. The smallest absolute Gasteiger partial charge is 0.155 e. The first-order valence-corrected chi connectivity index (χ1v) is 4.81. The third-order valence-corrected chi connectivity index (χ3v) is 0. The predicted molar refractivity (Wildman–Crippen MR) is 34.7 cm³/mol. The van der Waals surface area contributed by atoms with E-state index in [4.69, 9.17) is 22.2 Å². The van der Waals surface area contributed by atoms with E-state index in [1.54, 1.807) is 0 Å². The van der Waals surface area contributed by atoms with Gasteiger partial charge in [0, 0.05) is 0 Å². The summed E-state index contributed by atoms with van der Waals surface area (Å²) in [7, 11) is -0.639. The standard InChI is InChI=1S/Cl2H2Si.2ClH/c1-3-2;;/h3H2;2*1H. The average molecular weight is 174 g/mol. The van der Waals surface area contributed by atoms with Crippen molar-refractivity contribution in [1.82, 2.24) is 0 Å². The van der Waals surface area contributed by atoms with Gasteiger partial charge in [-0.1, -0.05) is 0 Å². The van der Waals surface area contributed by atoms with E-state index in [-0.39, 0.29) is 24.8 Å². The molecule has 0 aliphatic heterocycles. The summed E-state index contributed by atoms with van der Waals surface area (Å²) < 4.78 is 0. The van der Waals surface area contributed by atoms with Gasteiger partial charge in [0.05, 0.1) is 0 Å². The first-order valence-electron chi connectivity index (χ1n) is 0.535. The quantitative estimate of drug-likeness (QED) is 0.383. The van der Waals surface area contributed by atoms with Crippen LogP contribution in [0.15, 0.2) is 0 Å². The summed E-state index contributed by atoms with van der Waals surface area (Å²) in [5, 5.41) is 0. The van der Waals surface area contributed by atoms with Crippen LogP contribution in [0, 0.1) is 0 Å². The molecule has 0 fully saturated rings. The number of hydrogen-bond acceptors (Lipinski definition) is 0. The van der Waals surface area contributed by atoms with Crippen molar-refractivity contribution in [2.45, 2.75) is 0 Å². The Morgan fingerprint density at radius 3 is 1.00 bits per heavy atom. The summed E-state index contributed by atoms with van der Waals surface area (Å²) >= 11 is 9.81. The summed E-state index contributed by atoms with van der Waals surface area (Å²) in [5.41, 5.74) is 0. The van der Waals surface area contributed by atoms with Crippen LogP contribution < -0.4 is 0 Å². The van der Waals surface area contributed by atoms with Gasteiger partial charge in [0.25, 0.3) is 0 Å². The Labute approximate surface area is 55.3 Å². The molecule has 0 nitrogen and oxygen atoms in total. The lowest BCUT2D eigenvalue weighted by atomic mass is 27.8. The Kier molecular flexibility index (Phi) is 59.0. The van der Waals surface area contributed by atoms with Gasteiger partial charge in [-0.15, -0.1) is 24.8 Å². The van der Waals surface area contributed by atoms with Gasteiger partial charge in [0.15, 0.2) is 0 Å². The number of halogens is 4. The van der Waals surface area contributed by atoms with E-state index in [9.17, 15) is 0 Å². The maximum Gasteiger partial charge on any atom is 0.222 e. The Hall–Kier alpha value is 1.38. The van der Waals surface area contributed by atoms with Crippen molar-refractivity contribution in [3.05, 3.63) is 0 Å². The average Bonchev–Trinajstić information content (AvgIpc) is 0.918. The minimum atomic E-state index is -0.639. The zero-order valence-electron chi connectivity index (χ0n) is 2.28. The zero-order chi connectivity index (χ0) is 2.71. The molecular weight excluding hydrogens is 170 g/mol. The fourth-order valence-corrected chi connectivity index (χ4v) is 0. The van der Waals surface area contributed by atoms with Crippen molar-refractivity contribution in [3.8, 4) is 0 Å². The van der Waals surface area contributed by atoms with Crippen molar-refractivity contribution in [3.63, 3.8) is 0 Å². The molecule has 0 aliphatic carbocycles. The molecule has 0 bridgehead atoms. The van der Waals surface area contributed by atoms with Gasteiger partial charge in [-0.2, -0.15) is 22.2 Å². The Balaban J connectivity index is -0.0000000200. The fraction of sp³-hybridized carbons (Fsp3) is 0. The minimum absolute atomic E-state index is 0. The Morgan fingerprint density at radius 2 is 1.00 bits per heavy atom. The molecule has 0 aromatic rings. The molecule has 0 spiro atoms. The monoisotopic (exact) mass is 172 g/mol. The van der Waals surface area contributed by atoms with Crippen LogP contribution in [0.2, 0.25) is 0 Å². The molecule has 5 heavy (non-hydrogen) atoms. The molecule has 0 rings (SSSR count). The topological polar surface area (TPSA) is 0 Å². The second-order valence-electron chi connectivity index (χ2n) is 0.101. The molecule has 0 aliphatic rings. The van der Waals surface area contributed by atoms with Gasteiger partial charge in [0.2, 0.25) is 8.14 Å². The highest BCUT2D eigenvalue weighted by Crippen LogP contribution is 1.67. The molecule has 0 aromatic heterocycles. The summed E-state index contributed by atoms with van der Waals surface area (Å²) in [5.74, 6) is 0. The van der Waals surface area contributed by atoms with Crippen LogP contribution in [-0.4, -0.2) is 8.14 Å². The molecular formula is H4Cl4Si. The van der Waals surface area contributed by atoms with Crippen LogP contribution in [0.1, 0.15) is 0 Å². The van der Waals surface area contributed by atoms with Crippen LogP contribution in [0.5, 0.6) is 0 Å². The van der Waals surface area contributed by atoms with Crippen molar-refractivity contribution in [1.29, 1.82) is 0 Å². The molecule has 0 unspecified atom stereocenters. The van der Waals surface area contributed by atoms with Gasteiger partial charge in [0.1, 0.15) is 0 Å². The van der Waals surface area contributed by atoms with Crippen molar-refractivity contribution < 1.29 is 0 Å². The predicted octanol–water partition coefficient (Wildman–Crippen LogP) is 1.31. The number of hydrogen-bond donors (Lipinski definition) is 0. The van der Waals surface area contributed by atoms with Gasteiger partial charge in [-0.05, 0) is 0 Å². The highest BCUT2D eigenvalue weighted by Gasteiger charge is 1.46. The second-order valence-corrected chi connectivity index (χ2v) is 2.73. The maximum atomic E-state index is 4.90. The molecule has 0 heterocycles. The molecule has 0 aromatic carbocycles.